The first-order chi connectivity index (χ1) is 8.31. The van der Waals surface area contributed by atoms with E-state index in [-0.39, 0.29) is 0 Å². The zero-order valence-corrected chi connectivity index (χ0v) is 10.7. The number of nitrogens with zero attached hydrogens (tertiary/aromatic N) is 1. The Morgan fingerprint density at radius 1 is 1.35 bits per heavy atom. The van der Waals surface area contributed by atoms with Crippen LogP contribution in [0.3, 0.4) is 0 Å². The number of nitrogens with one attached hydrogen (secondary N) is 2. The van der Waals surface area contributed by atoms with Gasteiger partial charge in [-0.2, -0.15) is 0 Å². The van der Waals surface area contributed by atoms with Gasteiger partial charge >= 0.3 is 0 Å². The van der Waals surface area contributed by atoms with Crippen molar-refractivity contribution in [2.45, 2.75) is 64.0 Å². The number of rotatable bonds is 4. The van der Waals surface area contributed by atoms with Crippen LogP contribution in [0, 0.1) is 5.92 Å². The summed E-state index contributed by atoms with van der Waals surface area (Å²) in [6.07, 6.45) is 10.1. The molecule has 3 nitrogen and oxygen atoms in total. The van der Waals surface area contributed by atoms with E-state index in [2.05, 4.69) is 22.2 Å². The zero-order valence-electron chi connectivity index (χ0n) is 10.7. The van der Waals surface area contributed by atoms with Gasteiger partial charge in [0.15, 0.2) is 0 Å². The summed E-state index contributed by atoms with van der Waals surface area (Å²) in [5.41, 5.74) is 1.25. The van der Waals surface area contributed by atoms with Gasteiger partial charge in [-0.05, 0) is 31.6 Å². The lowest BCUT2D eigenvalue weighted by atomic mass is 9.82. The highest BCUT2D eigenvalue weighted by molar-refractivity contribution is 5.07. The fourth-order valence-corrected chi connectivity index (χ4v) is 2.90. The predicted molar refractivity (Wildman–Crippen MR) is 68.8 cm³/mol. The molecule has 0 saturated heterocycles. The molecule has 0 radical (unpaired) electrons. The minimum absolute atomic E-state index is 0.674. The number of imidazole rings is 1. The SMILES string of the molecule is CC1CCCC(c2ncc(CNC3CC3)[nH]2)C1. The average molecular weight is 233 g/mol. The van der Waals surface area contributed by atoms with E-state index in [1.807, 2.05) is 6.20 Å². The van der Waals surface area contributed by atoms with Crippen molar-refractivity contribution in [1.29, 1.82) is 0 Å². The Labute approximate surface area is 103 Å². The Kier molecular flexibility index (Phi) is 3.19. The van der Waals surface area contributed by atoms with Gasteiger partial charge in [0.1, 0.15) is 5.82 Å². The van der Waals surface area contributed by atoms with Crippen LogP contribution in [0.4, 0.5) is 0 Å². The van der Waals surface area contributed by atoms with Crippen LogP contribution in [-0.4, -0.2) is 16.0 Å². The molecule has 94 valence electrons. The second kappa shape index (κ2) is 4.81. The maximum absolute atomic E-state index is 4.58. The van der Waals surface area contributed by atoms with Gasteiger partial charge in [0.05, 0.1) is 0 Å². The third-order valence-electron chi connectivity index (χ3n) is 4.13. The second-order valence-corrected chi connectivity index (χ2v) is 5.92. The molecule has 3 rings (SSSR count). The summed E-state index contributed by atoms with van der Waals surface area (Å²) < 4.78 is 0. The quantitative estimate of drug-likeness (QED) is 0.839. The van der Waals surface area contributed by atoms with Crippen molar-refractivity contribution in [3.63, 3.8) is 0 Å². The molecule has 2 saturated carbocycles. The first-order valence-electron chi connectivity index (χ1n) is 7.08. The van der Waals surface area contributed by atoms with Gasteiger partial charge in [0.25, 0.3) is 0 Å². The average Bonchev–Trinajstić information content (AvgIpc) is 3.04. The molecule has 2 fully saturated rings. The lowest BCUT2D eigenvalue weighted by Crippen LogP contribution is -2.16. The highest BCUT2D eigenvalue weighted by atomic mass is 15.0. The zero-order chi connectivity index (χ0) is 11.7. The maximum Gasteiger partial charge on any atom is 0.109 e. The van der Waals surface area contributed by atoms with Crippen LogP contribution in [0.5, 0.6) is 0 Å². The van der Waals surface area contributed by atoms with Crippen LogP contribution in [0.2, 0.25) is 0 Å². The van der Waals surface area contributed by atoms with E-state index in [0.29, 0.717) is 5.92 Å². The number of aromatic amines is 1. The molecule has 17 heavy (non-hydrogen) atoms. The molecule has 2 aliphatic carbocycles. The molecule has 2 aliphatic rings. The number of hydrogen-bond acceptors (Lipinski definition) is 2. The Morgan fingerprint density at radius 3 is 3.00 bits per heavy atom. The van der Waals surface area contributed by atoms with Gasteiger partial charge in [-0.1, -0.05) is 19.8 Å². The number of hydrogen-bond donors (Lipinski definition) is 2. The van der Waals surface area contributed by atoms with Crippen molar-refractivity contribution in [3.05, 3.63) is 17.7 Å². The smallest absolute Gasteiger partial charge is 0.109 e. The fourth-order valence-electron chi connectivity index (χ4n) is 2.90. The van der Waals surface area contributed by atoms with Crippen molar-refractivity contribution in [3.8, 4) is 0 Å². The van der Waals surface area contributed by atoms with Crippen molar-refractivity contribution >= 4 is 0 Å². The van der Waals surface area contributed by atoms with E-state index in [1.165, 1.54) is 50.0 Å². The van der Waals surface area contributed by atoms with E-state index in [4.69, 9.17) is 0 Å². The van der Waals surface area contributed by atoms with Gasteiger partial charge in [0.2, 0.25) is 0 Å². The van der Waals surface area contributed by atoms with Crippen molar-refractivity contribution in [2.24, 2.45) is 5.92 Å². The van der Waals surface area contributed by atoms with E-state index in [9.17, 15) is 0 Å². The van der Waals surface area contributed by atoms with E-state index >= 15 is 0 Å². The maximum atomic E-state index is 4.58. The van der Waals surface area contributed by atoms with Gasteiger partial charge in [-0.15, -0.1) is 0 Å². The predicted octanol–water partition coefficient (Wildman–Crippen LogP) is 2.96. The molecular weight excluding hydrogens is 210 g/mol. The van der Waals surface area contributed by atoms with Crippen molar-refractivity contribution in [1.82, 2.24) is 15.3 Å². The van der Waals surface area contributed by atoms with E-state index < -0.39 is 0 Å². The van der Waals surface area contributed by atoms with Crippen LogP contribution in [0.1, 0.15) is 62.9 Å². The topological polar surface area (TPSA) is 40.7 Å². The molecule has 0 aromatic carbocycles. The van der Waals surface area contributed by atoms with Crippen LogP contribution in [0.15, 0.2) is 6.20 Å². The number of H-pyrrole nitrogens is 1. The first kappa shape index (κ1) is 11.3. The molecule has 0 aliphatic heterocycles. The summed E-state index contributed by atoms with van der Waals surface area (Å²) in [7, 11) is 0. The molecule has 2 atom stereocenters. The van der Waals surface area contributed by atoms with Crippen LogP contribution in [-0.2, 0) is 6.54 Å². The summed E-state index contributed by atoms with van der Waals surface area (Å²) >= 11 is 0. The first-order valence-corrected chi connectivity index (χ1v) is 7.08. The lowest BCUT2D eigenvalue weighted by molar-refractivity contribution is 0.336. The van der Waals surface area contributed by atoms with E-state index in [1.54, 1.807) is 0 Å². The Hall–Kier alpha value is -0.830. The summed E-state index contributed by atoms with van der Waals surface area (Å²) in [5, 5.41) is 3.53. The molecule has 2 unspecified atom stereocenters. The van der Waals surface area contributed by atoms with E-state index in [0.717, 1.165) is 18.5 Å². The monoisotopic (exact) mass is 233 g/mol. The Bertz CT molecular complexity index is 367. The molecule has 2 N–H and O–H groups in total. The molecule has 1 aromatic heterocycles. The molecule has 1 heterocycles. The van der Waals surface area contributed by atoms with Crippen LogP contribution >= 0.6 is 0 Å². The van der Waals surface area contributed by atoms with Crippen molar-refractivity contribution in [2.75, 3.05) is 0 Å². The standard InChI is InChI=1S/C14H23N3/c1-10-3-2-4-11(7-10)14-16-9-13(17-14)8-15-12-5-6-12/h9-12,15H,2-8H2,1H3,(H,16,17). The van der Waals surface area contributed by atoms with Crippen LogP contribution in [0.25, 0.3) is 0 Å². The summed E-state index contributed by atoms with van der Waals surface area (Å²) in [6.45, 7) is 3.32. The third-order valence-corrected chi connectivity index (χ3v) is 4.13. The summed E-state index contributed by atoms with van der Waals surface area (Å²) in [6, 6.07) is 0.774. The summed E-state index contributed by atoms with van der Waals surface area (Å²) in [4.78, 5) is 8.09. The molecule has 0 amide bonds. The molecular formula is C14H23N3. The number of aromatic nitrogens is 2. The van der Waals surface area contributed by atoms with Gasteiger partial charge in [-0.25, -0.2) is 4.98 Å². The van der Waals surface area contributed by atoms with Gasteiger partial charge in [-0.3, -0.25) is 0 Å². The third kappa shape index (κ3) is 2.89. The van der Waals surface area contributed by atoms with Crippen molar-refractivity contribution < 1.29 is 0 Å². The minimum atomic E-state index is 0.674. The molecule has 1 aromatic rings. The highest BCUT2D eigenvalue weighted by Crippen LogP contribution is 2.34. The Balaban J connectivity index is 1.58. The Morgan fingerprint density at radius 2 is 2.24 bits per heavy atom. The van der Waals surface area contributed by atoms with Crippen LogP contribution < -0.4 is 5.32 Å². The largest absolute Gasteiger partial charge is 0.345 e. The normalized spacial score (nSPS) is 29.5. The second-order valence-electron chi connectivity index (χ2n) is 5.92. The van der Waals surface area contributed by atoms with Gasteiger partial charge in [0, 0.05) is 30.4 Å². The molecule has 0 bridgehead atoms. The lowest BCUT2D eigenvalue weighted by Gasteiger charge is -2.25. The highest BCUT2D eigenvalue weighted by Gasteiger charge is 2.23. The minimum Gasteiger partial charge on any atom is -0.345 e. The molecule has 0 spiro atoms. The fraction of sp³-hybridized carbons (Fsp3) is 0.786. The molecule has 3 heteroatoms. The summed E-state index contributed by atoms with van der Waals surface area (Å²) in [5.74, 6) is 2.77. The van der Waals surface area contributed by atoms with Gasteiger partial charge < -0.3 is 10.3 Å².